The summed E-state index contributed by atoms with van der Waals surface area (Å²) < 4.78 is 7.39. The molecule has 134 valence electrons. The molecule has 1 fully saturated rings. The van der Waals surface area contributed by atoms with Gasteiger partial charge in [0.05, 0.1) is 6.54 Å². The quantitative estimate of drug-likeness (QED) is 0.777. The average Bonchev–Trinajstić information content (AvgIpc) is 2.90. The molecular weight excluding hydrogens is 318 g/mol. The van der Waals surface area contributed by atoms with E-state index in [1.165, 1.54) is 19.3 Å². The standard InChI is InChI=1S/C19H25N3O3/c1-19(2,3)25-18(24)22(9-14-5-4-6-14)11-15-7-8-17-20-16(13-23)12-21(17)10-15/h7-8,10,12-14H,4-6,9,11H2,1-3H3. The van der Waals surface area contributed by atoms with Gasteiger partial charge in [0, 0.05) is 18.9 Å². The predicted octanol–water partition coefficient (Wildman–Crippen LogP) is 3.68. The van der Waals surface area contributed by atoms with Crippen LogP contribution in [0.1, 0.15) is 56.1 Å². The molecule has 0 N–H and O–H groups in total. The Bertz CT molecular complexity index is 772. The minimum Gasteiger partial charge on any atom is -0.444 e. The maximum atomic E-state index is 12.6. The first kappa shape index (κ1) is 17.5. The largest absolute Gasteiger partial charge is 0.444 e. The third kappa shape index (κ3) is 4.38. The van der Waals surface area contributed by atoms with Crippen molar-refractivity contribution in [2.24, 2.45) is 5.92 Å². The van der Waals surface area contributed by atoms with Crippen LogP contribution in [0.3, 0.4) is 0 Å². The first-order valence-electron chi connectivity index (χ1n) is 8.75. The van der Waals surface area contributed by atoms with E-state index in [9.17, 15) is 9.59 Å². The molecule has 0 spiro atoms. The van der Waals surface area contributed by atoms with E-state index in [1.807, 2.05) is 43.5 Å². The van der Waals surface area contributed by atoms with Gasteiger partial charge in [-0.25, -0.2) is 9.78 Å². The van der Waals surface area contributed by atoms with Crippen LogP contribution in [0.15, 0.2) is 24.5 Å². The zero-order valence-corrected chi connectivity index (χ0v) is 15.1. The fourth-order valence-corrected chi connectivity index (χ4v) is 2.95. The molecule has 0 radical (unpaired) electrons. The summed E-state index contributed by atoms with van der Waals surface area (Å²) in [5.41, 5.74) is 1.58. The molecule has 3 rings (SSSR count). The van der Waals surface area contributed by atoms with Gasteiger partial charge in [-0.05, 0) is 51.2 Å². The molecule has 0 unspecified atom stereocenters. The molecule has 6 heteroatoms. The van der Waals surface area contributed by atoms with E-state index >= 15 is 0 Å². The van der Waals surface area contributed by atoms with Crippen molar-refractivity contribution in [1.82, 2.24) is 14.3 Å². The molecule has 0 bridgehead atoms. The Balaban J connectivity index is 1.78. The van der Waals surface area contributed by atoms with Crippen LogP contribution in [0.4, 0.5) is 4.79 Å². The highest BCUT2D eigenvalue weighted by Crippen LogP contribution is 2.28. The summed E-state index contributed by atoms with van der Waals surface area (Å²) in [6.45, 7) is 6.84. The van der Waals surface area contributed by atoms with Crippen LogP contribution in [-0.2, 0) is 11.3 Å². The lowest BCUT2D eigenvalue weighted by Gasteiger charge is -2.33. The number of rotatable bonds is 5. The molecule has 6 nitrogen and oxygen atoms in total. The highest BCUT2D eigenvalue weighted by molar-refractivity contribution is 5.73. The molecule has 2 aromatic heterocycles. The van der Waals surface area contributed by atoms with Gasteiger partial charge >= 0.3 is 6.09 Å². The number of pyridine rings is 1. The van der Waals surface area contributed by atoms with Crippen molar-refractivity contribution in [3.05, 3.63) is 35.8 Å². The second kappa shape index (κ2) is 6.86. The first-order chi connectivity index (χ1) is 11.8. The third-order valence-electron chi connectivity index (χ3n) is 4.38. The number of imidazole rings is 1. The molecule has 0 atom stereocenters. The molecule has 0 aromatic carbocycles. The van der Waals surface area contributed by atoms with Crippen LogP contribution in [0.5, 0.6) is 0 Å². The normalized spacial score (nSPS) is 15.0. The number of fused-ring (bicyclic) bond motifs is 1. The van der Waals surface area contributed by atoms with Crippen LogP contribution in [0.2, 0.25) is 0 Å². The van der Waals surface area contributed by atoms with Gasteiger partial charge in [0.2, 0.25) is 0 Å². The number of hydrogen-bond donors (Lipinski definition) is 0. The van der Waals surface area contributed by atoms with Crippen molar-refractivity contribution in [2.75, 3.05) is 6.54 Å². The molecule has 2 aromatic rings. The lowest BCUT2D eigenvalue weighted by Crippen LogP contribution is -2.40. The summed E-state index contributed by atoms with van der Waals surface area (Å²) >= 11 is 0. The Morgan fingerprint density at radius 3 is 2.72 bits per heavy atom. The molecule has 1 aliphatic carbocycles. The van der Waals surface area contributed by atoms with Crippen LogP contribution in [-0.4, -0.2) is 38.8 Å². The maximum absolute atomic E-state index is 12.6. The summed E-state index contributed by atoms with van der Waals surface area (Å²) in [6.07, 6.45) is 7.63. The zero-order valence-electron chi connectivity index (χ0n) is 15.1. The number of carbonyl (C=O) groups excluding carboxylic acids is 2. The second-order valence-electron chi connectivity index (χ2n) is 7.74. The average molecular weight is 343 g/mol. The van der Waals surface area contributed by atoms with Gasteiger partial charge in [-0.3, -0.25) is 4.79 Å². The van der Waals surface area contributed by atoms with E-state index in [1.54, 1.807) is 11.1 Å². The van der Waals surface area contributed by atoms with E-state index in [-0.39, 0.29) is 6.09 Å². The van der Waals surface area contributed by atoms with Gasteiger partial charge in [-0.15, -0.1) is 0 Å². The van der Waals surface area contributed by atoms with Crippen molar-refractivity contribution in [3.8, 4) is 0 Å². The lowest BCUT2D eigenvalue weighted by molar-refractivity contribution is 0.0173. The van der Waals surface area contributed by atoms with Crippen molar-refractivity contribution >= 4 is 18.0 Å². The fourth-order valence-electron chi connectivity index (χ4n) is 2.95. The smallest absolute Gasteiger partial charge is 0.410 e. The number of aromatic nitrogens is 2. The zero-order chi connectivity index (χ0) is 18.0. The highest BCUT2D eigenvalue weighted by Gasteiger charge is 2.27. The van der Waals surface area contributed by atoms with E-state index in [2.05, 4.69) is 4.98 Å². The SMILES string of the molecule is CC(C)(C)OC(=O)N(Cc1ccc2nc(C=O)cn2c1)CC1CCC1. The predicted molar refractivity (Wildman–Crippen MR) is 94.6 cm³/mol. The van der Waals surface area contributed by atoms with E-state index in [4.69, 9.17) is 4.74 Å². The summed E-state index contributed by atoms with van der Waals surface area (Å²) in [6, 6.07) is 3.80. The van der Waals surface area contributed by atoms with Crippen molar-refractivity contribution < 1.29 is 14.3 Å². The Kier molecular flexibility index (Phi) is 4.79. The number of aldehydes is 1. The number of amides is 1. The highest BCUT2D eigenvalue weighted by atomic mass is 16.6. The van der Waals surface area contributed by atoms with Crippen molar-refractivity contribution in [1.29, 1.82) is 0 Å². The molecule has 0 aliphatic heterocycles. The maximum Gasteiger partial charge on any atom is 0.410 e. The minimum absolute atomic E-state index is 0.279. The van der Waals surface area contributed by atoms with Crippen molar-refractivity contribution in [3.63, 3.8) is 0 Å². The van der Waals surface area contributed by atoms with Gasteiger partial charge in [0.1, 0.15) is 16.9 Å². The number of carbonyl (C=O) groups is 2. The third-order valence-corrected chi connectivity index (χ3v) is 4.38. The van der Waals surface area contributed by atoms with Gasteiger partial charge in [0.15, 0.2) is 6.29 Å². The summed E-state index contributed by atoms with van der Waals surface area (Å²) in [4.78, 5) is 29.4. The van der Waals surface area contributed by atoms with Crippen LogP contribution >= 0.6 is 0 Å². The van der Waals surface area contributed by atoms with E-state index in [0.29, 0.717) is 23.8 Å². The van der Waals surface area contributed by atoms with Crippen molar-refractivity contribution in [2.45, 2.75) is 52.2 Å². The molecule has 1 saturated carbocycles. The molecule has 0 saturated heterocycles. The van der Waals surface area contributed by atoms with Crippen LogP contribution in [0, 0.1) is 5.92 Å². The lowest BCUT2D eigenvalue weighted by atomic mass is 9.85. The molecule has 25 heavy (non-hydrogen) atoms. The van der Waals surface area contributed by atoms with Gasteiger partial charge in [-0.1, -0.05) is 12.5 Å². The number of hydrogen-bond acceptors (Lipinski definition) is 4. The number of ether oxygens (including phenoxy) is 1. The topological polar surface area (TPSA) is 63.9 Å². The monoisotopic (exact) mass is 343 g/mol. The molecule has 1 amide bonds. The van der Waals surface area contributed by atoms with E-state index in [0.717, 1.165) is 18.4 Å². The first-order valence-corrected chi connectivity index (χ1v) is 8.75. The van der Waals surface area contributed by atoms with Crippen LogP contribution in [0.25, 0.3) is 5.65 Å². The molecular formula is C19H25N3O3. The Labute approximate surface area is 147 Å². The Hall–Kier alpha value is -2.37. The molecule has 1 aliphatic rings. The van der Waals surface area contributed by atoms with Gasteiger partial charge in [0.25, 0.3) is 0 Å². The number of nitrogens with zero attached hydrogens (tertiary/aromatic N) is 3. The molecule has 2 heterocycles. The second-order valence-corrected chi connectivity index (χ2v) is 7.74. The summed E-state index contributed by atoms with van der Waals surface area (Å²) in [5.74, 6) is 0.561. The van der Waals surface area contributed by atoms with Gasteiger partial charge < -0.3 is 14.0 Å². The Morgan fingerprint density at radius 1 is 1.36 bits per heavy atom. The summed E-state index contributed by atoms with van der Waals surface area (Å²) in [7, 11) is 0. The Morgan fingerprint density at radius 2 is 2.12 bits per heavy atom. The van der Waals surface area contributed by atoms with E-state index < -0.39 is 5.60 Å². The van der Waals surface area contributed by atoms with Gasteiger partial charge in [-0.2, -0.15) is 0 Å². The summed E-state index contributed by atoms with van der Waals surface area (Å²) in [5, 5.41) is 0. The fraction of sp³-hybridized carbons (Fsp3) is 0.526. The minimum atomic E-state index is -0.512. The van der Waals surface area contributed by atoms with Crippen LogP contribution < -0.4 is 0 Å².